The molecule has 0 saturated heterocycles. The van der Waals surface area contributed by atoms with E-state index < -0.39 is 0 Å². The topological polar surface area (TPSA) is 25.8 Å². The molecule has 0 bridgehead atoms. The van der Waals surface area contributed by atoms with Gasteiger partial charge in [0, 0.05) is 5.92 Å². The van der Waals surface area contributed by atoms with Crippen LogP contribution in [0, 0.1) is 11.3 Å². The van der Waals surface area contributed by atoms with Crippen molar-refractivity contribution in [2.45, 2.75) is 58.3 Å². The van der Waals surface area contributed by atoms with Crippen LogP contribution < -0.4 is 0 Å². The van der Waals surface area contributed by atoms with Crippen LogP contribution in [-0.4, -0.2) is 10.2 Å². The number of aromatic nitrogens is 2. The van der Waals surface area contributed by atoms with Crippen molar-refractivity contribution in [1.82, 2.24) is 10.2 Å². The van der Waals surface area contributed by atoms with E-state index in [9.17, 15) is 0 Å². The van der Waals surface area contributed by atoms with Crippen molar-refractivity contribution >= 4 is 22.9 Å². The molecule has 0 radical (unpaired) electrons. The van der Waals surface area contributed by atoms with Crippen LogP contribution in [0.4, 0.5) is 0 Å². The standard InChI is InChI=1S/C13H21ClN2S/c1-13(2,3)10-6-4-9(5-7-10)12-16-15-11(8-14)17-12/h9-10H,4-8H2,1-3H3. The first-order valence-electron chi connectivity index (χ1n) is 6.39. The maximum atomic E-state index is 5.77. The average Bonchev–Trinajstić information content (AvgIpc) is 2.76. The van der Waals surface area contributed by atoms with E-state index in [1.54, 1.807) is 11.3 Å². The number of rotatable bonds is 2. The molecule has 4 heteroatoms. The first-order chi connectivity index (χ1) is 8.00. The zero-order valence-electron chi connectivity index (χ0n) is 10.9. The Balaban J connectivity index is 1.95. The molecule has 0 aromatic carbocycles. The Bertz CT molecular complexity index is 362. The molecule has 0 unspecified atom stereocenters. The van der Waals surface area contributed by atoms with Gasteiger partial charge in [-0.15, -0.1) is 21.8 Å². The molecule has 0 spiro atoms. The van der Waals surface area contributed by atoms with Crippen LogP contribution in [0.25, 0.3) is 0 Å². The van der Waals surface area contributed by atoms with Crippen LogP contribution in [0.1, 0.15) is 62.4 Å². The monoisotopic (exact) mass is 272 g/mol. The Kier molecular flexibility index (Phi) is 4.09. The molecule has 1 aromatic heterocycles. The minimum absolute atomic E-state index is 0.452. The van der Waals surface area contributed by atoms with Gasteiger partial charge in [-0.3, -0.25) is 0 Å². The zero-order valence-corrected chi connectivity index (χ0v) is 12.4. The van der Waals surface area contributed by atoms with Gasteiger partial charge in [0.1, 0.15) is 10.0 Å². The highest BCUT2D eigenvalue weighted by molar-refractivity contribution is 7.11. The van der Waals surface area contributed by atoms with Gasteiger partial charge in [-0.1, -0.05) is 32.1 Å². The van der Waals surface area contributed by atoms with Crippen LogP contribution in [0.5, 0.6) is 0 Å². The molecular weight excluding hydrogens is 252 g/mol. The van der Waals surface area contributed by atoms with E-state index >= 15 is 0 Å². The highest BCUT2D eigenvalue weighted by atomic mass is 35.5. The normalized spacial score (nSPS) is 26.1. The lowest BCUT2D eigenvalue weighted by Gasteiger charge is -2.36. The van der Waals surface area contributed by atoms with Crippen LogP contribution in [-0.2, 0) is 5.88 Å². The number of halogens is 1. The smallest absolute Gasteiger partial charge is 0.132 e. The minimum Gasteiger partial charge on any atom is -0.143 e. The maximum absolute atomic E-state index is 5.77. The van der Waals surface area contributed by atoms with Crippen molar-refractivity contribution in [2.75, 3.05) is 0 Å². The number of hydrogen-bond acceptors (Lipinski definition) is 3. The Labute approximate surface area is 113 Å². The number of hydrogen-bond donors (Lipinski definition) is 0. The Morgan fingerprint density at radius 3 is 2.29 bits per heavy atom. The summed E-state index contributed by atoms with van der Waals surface area (Å²) in [7, 11) is 0. The summed E-state index contributed by atoms with van der Waals surface area (Å²) in [5, 5.41) is 10.6. The van der Waals surface area contributed by atoms with Crippen molar-refractivity contribution in [2.24, 2.45) is 11.3 Å². The highest BCUT2D eigenvalue weighted by Gasteiger charge is 2.31. The molecule has 1 aromatic rings. The lowest BCUT2D eigenvalue weighted by atomic mass is 9.70. The summed E-state index contributed by atoms with van der Waals surface area (Å²) in [4.78, 5) is 0. The second-order valence-electron chi connectivity index (χ2n) is 6.08. The van der Waals surface area contributed by atoms with Crippen molar-refractivity contribution in [1.29, 1.82) is 0 Å². The minimum atomic E-state index is 0.452. The summed E-state index contributed by atoms with van der Waals surface area (Å²) in [6.07, 6.45) is 5.17. The van der Waals surface area contributed by atoms with Gasteiger partial charge in [0.25, 0.3) is 0 Å². The van der Waals surface area contributed by atoms with Gasteiger partial charge in [-0.2, -0.15) is 0 Å². The van der Waals surface area contributed by atoms with E-state index in [4.69, 9.17) is 11.6 Å². The van der Waals surface area contributed by atoms with Crippen LogP contribution in [0.3, 0.4) is 0 Å². The van der Waals surface area contributed by atoms with Crippen LogP contribution in [0.2, 0.25) is 0 Å². The maximum Gasteiger partial charge on any atom is 0.132 e. The summed E-state index contributed by atoms with van der Waals surface area (Å²) in [5.74, 6) is 1.98. The van der Waals surface area contributed by atoms with E-state index in [1.807, 2.05) is 0 Å². The second-order valence-corrected chi connectivity index (χ2v) is 7.44. The Morgan fingerprint density at radius 1 is 1.18 bits per heavy atom. The lowest BCUT2D eigenvalue weighted by Crippen LogP contribution is -2.25. The van der Waals surface area contributed by atoms with E-state index in [0.29, 0.717) is 17.2 Å². The highest BCUT2D eigenvalue weighted by Crippen LogP contribution is 2.43. The van der Waals surface area contributed by atoms with E-state index in [0.717, 1.165) is 10.9 Å². The van der Waals surface area contributed by atoms with E-state index in [2.05, 4.69) is 31.0 Å². The fraction of sp³-hybridized carbons (Fsp3) is 0.846. The molecule has 1 aliphatic rings. The largest absolute Gasteiger partial charge is 0.143 e. The van der Waals surface area contributed by atoms with Crippen LogP contribution in [0.15, 0.2) is 0 Å². The van der Waals surface area contributed by atoms with Gasteiger partial charge in [0.15, 0.2) is 0 Å². The van der Waals surface area contributed by atoms with Crippen LogP contribution >= 0.6 is 22.9 Å². The van der Waals surface area contributed by atoms with Crippen molar-refractivity contribution < 1.29 is 0 Å². The molecule has 17 heavy (non-hydrogen) atoms. The van der Waals surface area contributed by atoms with E-state index in [1.165, 1.54) is 30.7 Å². The molecule has 0 aliphatic heterocycles. The Hall–Kier alpha value is -0.150. The van der Waals surface area contributed by atoms with Gasteiger partial charge in [-0.05, 0) is 37.0 Å². The molecule has 1 aliphatic carbocycles. The Morgan fingerprint density at radius 2 is 1.82 bits per heavy atom. The third kappa shape index (κ3) is 3.19. The van der Waals surface area contributed by atoms with Gasteiger partial charge in [0.05, 0.1) is 5.88 Å². The fourth-order valence-corrected chi connectivity index (χ4v) is 3.77. The van der Waals surface area contributed by atoms with E-state index in [-0.39, 0.29) is 0 Å². The van der Waals surface area contributed by atoms with Gasteiger partial charge in [0.2, 0.25) is 0 Å². The fourth-order valence-electron chi connectivity index (χ4n) is 2.69. The summed E-state index contributed by atoms with van der Waals surface area (Å²) < 4.78 is 0. The average molecular weight is 273 g/mol. The first-order valence-corrected chi connectivity index (χ1v) is 7.74. The lowest BCUT2D eigenvalue weighted by molar-refractivity contribution is 0.169. The summed E-state index contributed by atoms with van der Waals surface area (Å²) in [5.41, 5.74) is 0.452. The summed E-state index contributed by atoms with van der Waals surface area (Å²) in [6.45, 7) is 7.07. The van der Waals surface area contributed by atoms with Crippen molar-refractivity contribution in [3.05, 3.63) is 10.0 Å². The molecule has 0 atom stereocenters. The SMILES string of the molecule is CC(C)(C)C1CCC(c2nnc(CCl)s2)CC1. The quantitative estimate of drug-likeness (QED) is 0.736. The molecule has 96 valence electrons. The molecule has 1 heterocycles. The molecule has 1 fully saturated rings. The molecular formula is C13H21ClN2S. The first kappa shape index (κ1) is 13.3. The third-order valence-corrected chi connectivity index (χ3v) is 5.40. The number of nitrogens with zero attached hydrogens (tertiary/aromatic N) is 2. The second kappa shape index (κ2) is 5.23. The molecule has 0 N–H and O–H groups in total. The molecule has 2 rings (SSSR count). The number of alkyl halides is 1. The van der Waals surface area contributed by atoms with Crippen molar-refractivity contribution in [3.63, 3.8) is 0 Å². The third-order valence-electron chi connectivity index (χ3n) is 3.90. The summed E-state index contributed by atoms with van der Waals surface area (Å²) in [6, 6.07) is 0. The molecule has 0 amide bonds. The van der Waals surface area contributed by atoms with Gasteiger partial charge in [-0.25, -0.2) is 0 Å². The molecule has 2 nitrogen and oxygen atoms in total. The predicted octanol–water partition coefficient (Wildman–Crippen LogP) is 4.60. The summed E-state index contributed by atoms with van der Waals surface area (Å²) >= 11 is 7.46. The van der Waals surface area contributed by atoms with Gasteiger partial charge < -0.3 is 0 Å². The van der Waals surface area contributed by atoms with Gasteiger partial charge >= 0.3 is 0 Å². The molecule has 1 saturated carbocycles. The predicted molar refractivity (Wildman–Crippen MR) is 73.6 cm³/mol. The zero-order chi connectivity index (χ0) is 12.5. The van der Waals surface area contributed by atoms with Crippen molar-refractivity contribution in [3.8, 4) is 0 Å².